The number of hydrogen-bond acceptors (Lipinski definition) is 28. The minimum atomic E-state index is -1.45. The van der Waals surface area contributed by atoms with Gasteiger partial charge in [-0.25, -0.2) is 0 Å². The number of carbonyl (C=O) groups is 10. The van der Waals surface area contributed by atoms with Crippen LogP contribution in [0, 0.1) is 0 Å². The predicted molar refractivity (Wildman–Crippen MR) is 346 cm³/mol. The fourth-order valence-corrected chi connectivity index (χ4v) is 10.4. The Hall–Kier alpha value is -6.02. The second-order valence-corrected chi connectivity index (χ2v) is 24.4. The Bertz CT molecular complexity index is 2190. The standard InChI is InChI=1S/C62H110N10O28/c1-38(77)70-50-56(89)53(86)41(31-73)98-59(50)95-25-7-4-13-44(80)63-19-10-22-66-47(83)16-28-92-34-62(69-37-76,35-93-29-17-48(84)67-23-11-20-64-45(81)14-5-8-26-96-60-51(71-39(2)78)57(90)54(87)42(32-74)99-60)36-94-30-18-49(85)68-24-12-21-65-46(82)15-6-9-27-97-61-52(72-40(3)79)58(91)55(88)43(33-75)100-61/h37,41-43,50-61,73-75,86-91H,4-36H2,1-3H3,(H,63,80)(H,64,81)(H,65,82)(H,66,83)(H,67,84)(H,68,85)(H,69,76)(H,70,77)(H,71,78)(H,72,79). The van der Waals surface area contributed by atoms with E-state index in [0.717, 1.165) is 0 Å². The first-order chi connectivity index (χ1) is 47.9. The van der Waals surface area contributed by atoms with Crippen LogP contribution in [0.4, 0.5) is 0 Å². The molecule has 38 heteroatoms. The Morgan fingerprint density at radius 3 is 0.840 bits per heavy atom. The van der Waals surface area contributed by atoms with Crippen molar-refractivity contribution in [1.82, 2.24) is 53.2 Å². The third kappa shape index (κ3) is 34.8. The monoisotopic (exact) mass is 1440 g/mol. The Morgan fingerprint density at radius 2 is 0.610 bits per heavy atom. The van der Waals surface area contributed by atoms with E-state index in [0.29, 0.717) is 64.2 Å². The van der Waals surface area contributed by atoms with E-state index in [2.05, 4.69) is 53.2 Å². The van der Waals surface area contributed by atoms with Crippen LogP contribution in [0.25, 0.3) is 0 Å². The van der Waals surface area contributed by atoms with E-state index in [1.165, 1.54) is 20.8 Å². The lowest BCUT2D eigenvalue weighted by Crippen LogP contribution is -2.64. The maximum atomic E-state index is 12.7. The number of rotatable bonds is 53. The summed E-state index contributed by atoms with van der Waals surface area (Å²) >= 11 is 0. The highest BCUT2D eigenvalue weighted by molar-refractivity contribution is 5.78. The summed E-state index contributed by atoms with van der Waals surface area (Å²) in [5, 5.41) is 117. The molecule has 0 aromatic carbocycles. The number of carbonyl (C=O) groups excluding carboxylic acids is 10. The van der Waals surface area contributed by atoms with Crippen molar-refractivity contribution in [2.75, 3.05) is 119 Å². The van der Waals surface area contributed by atoms with Crippen LogP contribution in [-0.4, -0.2) is 322 Å². The van der Waals surface area contributed by atoms with Crippen LogP contribution < -0.4 is 53.2 Å². The van der Waals surface area contributed by atoms with Gasteiger partial charge in [-0.15, -0.1) is 0 Å². The molecule has 0 aromatic heterocycles. The minimum absolute atomic E-state index is 0.0858. The summed E-state index contributed by atoms with van der Waals surface area (Å²) in [6, 6.07) is -3.25. The van der Waals surface area contributed by atoms with Crippen molar-refractivity contribution in [3.63, 3.8) is 0 Å². The summed E-state index contributed by atoms with van der Waals surface area (Å²) in [7, 11) is 0. The van der Waals surface area contributed by atoms with Gasteiger partial charge in [0.05, 0.1) is 59.5 Å². The molecule has 3 heterocycles. The Labute approximate surface area is 580 Å². The predicted octanol–water partition coefficient (Wildman–Crippen LogP) is -8.05. The van der Waals surface area contributed by atoms with Crippen molar-refractivity contribution in [3.8, 4) is 0 Å². The molecular weight excluding hydrogens is 1330 g/mol. The van der Waals surface area contributed by atoms with Gasteiger partial charge in [0.15, 0.2) is 18.9 Å². The van der Waals surface area contributed by atoms with Gasteiger partial charge in [0.25, 0.3) is 0 Å². The summed E-state index contributed by atoms with van der Waals surface area (Å²) in [5.74, 6) is -3.31. The second-order valence-electron chi connectivity index (χ2n) is 24.4. The van der Waals surface area contributed by atoms with E-state index in [4.69, 9.17) is 42.6 Å². The van der Waals surface area contributed by atoms with Gasteiger partial charge >= 0.3 is 0 Å². The molecule has 100 heavy (non-hydrogen) atoms. The molecular formula is C62H110N10O28. The largest absolute Gasteiger partial charge is 0.394 e. The second kappa shape index (κ2) is 50.4. The molecule has 0 radical (unpaired) electrons. The maximum Gasteiger partial charge on any atom is 0.222 e. The summed E-state index contributed by atoms with van der Waals surface area (Å²) in [6.45, 7) is 2.61. The zero-order valence-corrected chi connectivity index (χ0v) is 57.4. The van der Waals surface area contributed by atoms with Gasteiger partial charge in [-0.2, -0.15) is 0 Å². The van der Waals surface area contributed by atoms with Gasteiger partial charge in [-0.1, -0.05) is 0 Å². The molecule has 3 aliphatic heterocycles. The average molecular weight is 1440 g/mol. The fourth-order valence-electron chi connectivity index (χ4n) is 10.4. The lowest BCUT2D eigenvalue weighted by atomic mass is 9.97. The highest BCUT2D eigenvalue weighted by Crippen LogP contribution is 2.26. The molecule has 0 aliphatic carbocycles. The van der Waals surface area contributed by atoms with Gasteiger partial charge in [-0.05, 0) is 57.8 Å². The number of nitrogens with one attached hydrogen (secondary N) is 10. The first-order valence-electron chi connectivity index (χ1n) is 34.0. The van der Waals surface area contributed by atoms with E-state index < -0.39 is 135 Å². The first-order valence-corrected chi connectivity index (χ1v) is 34.0. The molecule has 0 bridgehead atoms. The molecule has 576 valence electrons. The van der Waals surface area contributed by atoms with Crippen molar-refractivity contribution in [2.24, 2.45) is 0 Å². The molecule has 3 fully saturated rings. The smallest absolute Gasteiger partial charge is 0.222 e. The molecule has 38 nitrogen and oxygen atoms in total. The molecule has 3 rings (SSSR count). The van der Waals surface area contributed by atoms with Gasteiger partial charge in [0.2, 0.25) is 59.6 Å². The van der Waals surface area contributed by atoms with Crippen LogP contribution in [0.2, 0.25) is 0 Å². The Morgan fingerprint density at radius 1 is 0.360 bits per heavy atom. The number of unbranched alkanes of at least 4 members (excludes halogenated alkanes) is 3. The zero-order chi connectivity index (χ0) is 73.8. The lowest BCUT2D eigenvalue weighted by molar-refractivity contribution is -0.270. The average Bonchev–Trinajstić information content (AvgIpc) is 0.826. The quantitative estimate of drug-likeness (QED) is 0.0199. The van der Waals surface area contributed by atoms with E-state index in [1.807, 2.05) is 0 Å². The van der Waals surface area contributed by atoms with Crippen molar-refractivity contribution >= 4 is 59.6 Å². The van der Waals surface area contributed by atoms with Crippen LogP contribution in [0.5, 0.6) is 0 Å². The number of ether oxygens (including phenoxy) is 9. The van der Waals surface area contributed by atoms with Crippen LogP contribution in [-0.2, 0) is 90.6 Å². The molecule has 0 aromatic rings. The molecule has 19 N–H and O–H groups in total. The summed E-state index contributed by atoms with van der Waals surface area (Å²) in [5.41, 5.74) is -1.36. The van der Waals surface area contributed by atoms with Crippen molar-refractivity contribution < 1.29 is 137 Å². The van der Waals surface area contributed by atoms with Crippen molar-refractivity contribution in [1.29, 1.82) is 0 Å². The maximum absolute atomic E-state index is 12.7. The molecule has 0 spiro atoms. The van der Waals surface area contributed by atoms with E-state index in [-0.39, 0.29) is 173 Å². The lowest BCUT2D eigenvalue weighted by Gasteiger charge is -2.42. The zero-order valence-electron chi connectivity index (χ0n) is 57.4. The Kier molecular flexibility index (Phi) is 44.4. The van der Waals surface area contributed by atoms with Crippen molar-refractivity contribution in [2.45, 2.75) is 215 Å². The first kappa shape index (κ1) is 88.2. The van der Waals surface area contributed by atoms with Crippen LogP contribution >= 0.6 is 0 Å². The molecule has 3 saturated heterocycles. The topological polar surface area (TPSA) is 556 Å². The molecule has 0 saturated carbocycles. The molecule has 15 unspecified atom stereocenters. The summed E-state index contributed by atoms with van der Waals surface area (Å²) in [6.07, 6.45) is -11.3. The summed E-state index contributed by atoms with van der Waals surface area (Å²) < 4.78 is 51.2. The van der Waals surface area contributed by atoms with Gasteiger partial charge in [0, 0.05) is 118 Å². The number of aliphatic hydroxyl groups excluding tert-OH is 9. The van der Waals surface area contributed by atoms with Crippen LogP contribution in [0.15, 0.2) is 0 Å². The van der Waals surface area contributed by atoms with E-state index in [9.17, 15) is 93.9 Å². The van der Waals surface area contributed by atoms with Crippen LogP contribution in [0.3, 0.4) is 0 Å². The molecule has 15 atom stereocenters. The van der Waals surface area contributed by atoms with Crippen LogP contribution in [0.1, 0.15) is 117 Å². The number of hydrogen-bond donors (Lipinski definition) is 19. The summed E-state index contributed by atoms with van der Waals surface area (Å²) in [4.78, 5) is 123. The highest BCUT2D eigenvalue weighted by atomic mass is 16.7. The van der Waals surface area contributed by atoms with Gasteiger partial charge in [0.1, 0.15) is 78.6 Å². The number of aliphatic hydroxyl groups is 9. The van der Waals surface area contributed by atoms with Gasteiger partial charge < -0.3 is 142 Å². The third-order valence-electron chi connectivity index (χ3n) is 15.9. The van der Waals surface area contributed by atoms with E-state index in [1.54, 1.807) is 0 Å². The normalized spacial score (nSPS) is 25.6. The fraction of sp³-hybridized carbons (Fsp3) is 0.839. The minimum Gasteiger partial charge on any atom is -0.394 e. The third-order valence-corrected chi connectivity index (χ3v) is 15.9. The van der Waals surface area contributed by atoms with Gasteiger partial charge in [-0.3, -0.25) is 47.9 Å². The number of amides is 10. The van der Waals surface area contributed by atoms with E-state index >= 15 is 0 Å². The molecule has 3 aliphatic rings. The highest BCUT2D eigenvalue weighted by Gasteiger charge is 2.48. The molecule has 10 amide bonds. The SMILES string of the molecule is CC(=O)NC1C(OCCCCC(=O)NCCCNC(=O)CCOCC(COCCC(=O)NCCCNC(=O)CCCCOC2OC(CO)C(O)C(O)C2NC(C)=O)(COCCC(=O)NCCCNC(=O)CCCCOC2OC(CO)C(O)C(O)C2NC(C)=O)NC=O)OC(CO)C(O)C1O. The van der Waals surface area contributed by atoms with Crippen molar-refractivity contribution in [3.05, 3.63) is 0 Å². The Balaban J connectivity index is 1.38.